The summed E-state index contributed by atoms with van der Waals surface area (Å²) in [4.78, 5) is 26.6. The molecule has 134 valence electrons. The molecule has 2 aromatic heterocycles. The third-order valence-electron chi connectivity index (χ3n) is 5.00. The van der Waals surface area contributed by atoms with Crippen LogP contribution < -0.4 is 0 Å². The number of imidazole rings is 1. The third kappa shape index (κ3) is 3.42. The van der Waals surface area contributed by atoms with E-state index in [1.807, 2.05) is 29.2 Å². The van der Waals surface area contributed by atoms with Gasteiger partial charge in [-0.2, -0.15) is 0 Å². The molecule has 0 aliphatic carbocycles. The molecule has 26 heavy (non-hydrogen) atoms. The number of piperidine rings is 1. The molecule has 0 spiro atoms. The van der Waals surface area contributed by atoms with Gasteiger partial charge in [-0.1, -0.05) is 19.1 Å². The molecule has 1 aromatic carbocycles. The van der Waals surface area contributed by atoms with Crippen LogP contribution in [0.4, 0.5) is 0 Å². The highest BCUT2D eigenvalue weighted by Gasteiger charge is 2.26. The van der Waals surface area contributed by atoms with Gasteiger partial charge in [-0.05, 0) is 37.0 Å². The largest absolute Gasteiger partial charge is 0.345 e. The maximum atomic E-state index is 12.8. The first kappa shape index (κ1) is 17.0. The topological polar surface area (TPSA) is 61.9 Å². The summed E-state index contributed by atoms with van der Waals surface area (Å²) >= 11 is 1.76. The Hall–Kier alpha value is -2.47. The predicted octanol–water partition coefficient (Wildman–Crippen LogP) is 4.12. The van der Waals surface area contributed by atoms with E-state index in [-0.39, 0.29) is 5.91 Å². The number of H-pyrrole nitrogens is 1. The number of carbonyl (C=O) groups is 1. The van der Waals surface area contributed by atoms with Gasteiger partial charge in [0.2, 0.25) is 0 Å². The average molecular weight is 366 g/mol. The molecule has 4 rings (SSSR count). The van der Waals surface area contributed by atoms with Gasteiger partial charge >= 0.3 is 0 Å². The number of rotatable bonds is 4. The number of benzene rings is 1. The van der Waals surface area contributed by atoms with Gasteiger partial charge in [0.1, 0.15) is 0 Å². The van der Waals surface area contributed by atoms with E-state index >= 15 is 0 Å². The van der Waals surface area contributed by atoms with Crippen LogP contribution in [0.1, 0.15) is 46.7 Å². The van der Waals surface area contributed by atoms with Crippen molar-refractivity contribution in [1.29, 1.82) is 0 Å². The van der Waals surface area contributed by atoms with Crippen LogP contribution in [0.3, 0.4) is 0 Å². The lowest BCUT2D eigenvalue weighted by Crippen LogP contribution is -2.37. The van der Waals surface area contributed by atoms with Crippen molar-refractivity contribution in [3.05, 3.63) is 58.4 Å². The van der Waals surface area contributed by atoms with Crippen molar-refractivity contribution < 1.29 is 4.79 Å². The van der Waals surface area contributed by atoms with Gasteiger partial charge in [0.25, 0.3) is 5.91 Å². The Morgan fingerprint density at radius 3 is 2.65 bits per heavy atom. The monoisotopic (exact) mass is 366 g/mol. The first-order chi connectivity index (χ1) is 12.7. The molecule has 3 heterocycles. The number of carbonyl (C=O) groups excluding carboxylic acids is 1. The summed E-state index contributed by atoms with van der Waals surface area (Å²) < 4.78 is 0. The van der Waals surface area contributed by atoms with Crippen LogP contribution in [-0.4, -0.2) is 38.8 Å². The zero-order valence-electron chi connectivity index (χ0n) is 14.8. The number of aryl methyl sites for hydroxylation is 1. The molecule has 6 heteroatoms. The number of thiazole rings is 1. The number of aromatic amines is 1. The van der Waals surface area contributed by atoms with Crippen molar-refractivity contribution in [2.24, 2.45) is 0 Å². The molecule has 3 aromatic rings. The minimum atomic E-state index is 0.119. The van der Waals surface area contributed by atoms with Gasteiger partial charge in [-0.25, -0.2) is 9.97 Å². The smallest absolute Gasteiger partial charge is 0.253 e. The Morgan fingerprint density at radius 2 is 2.04 bits per heavy atom. The Labute approximate surface area is 157 Å². The highest BCUT2D eigenvalue weighted by atomic mass is 32.1. The Morgan fingerprint density at radius 1 is 1.27 bits per heavy atom. The summed E-state index contributed by atoms with van der Waals surface area (Å²) in [6, 6.07) is 7.74. The van der Waals surface area contributed by atoms with E-state index in [0.29, 0.717) is 5.92 Å². The third-order valence-corrected chi connectivity index (χ3v) is 6.06. The second-order valence-electron chi connectivity index (χ2n) is 6.64. The van der Waals surface area contributed by atoms with E-state index in [1.54, 1.807) is 23.9 Å². The van der Waals surface area contributed by atoms with Crippen molar-refractivity contribution in [2.45, 2.75) is 32.1 Å². The normalized spacial score (nSPS) is 15.3. The zero-order valence-corrected chi connectivity index (χ0v) is 15.6. The lowest BCUT2D eigenvalue weighted by atomic mass is 9.97. The van der Waals surface area contributed by atoms with Crippen LogP contribution in [0.15, 0.2) is 42.2 Å². The van der Waals surface area contributed by atoms with E-state index in [2.05, 4.69) is 22.3 Å². The van der Waals surface area contributed by atoms with Gasteiger partial charge in [-0.15, -0.1) is 11.3 Å². The molecule has 1 aliphatic rings. The Balaban J connectivity index is 1.38. The number of nitrogens with zero attached hydrogens (tertiary/aromatic N) is 3. The lowest BCUT2D eigenvalue weighted by molar-refractivity contribution is 0.0713. The molecule has 1 fully saturated rings. The van der Waals surface area contributed by atoms with Crippen molar-refractivity contribution >= 4 is 17.2 Å². The molecule has 0 unspecified atom stereocenters. The van der Waals surface area contributed by atoms with E-state index < -0.39 is 0 Å². The molecular weight excluding hydrogens is 344 g/mol. The quantitative estimate of drug-likeness (QED) is 0.756. The number of hydrogen-bond acceptors (Lipinski definition) is 4. The first-order valence-corrected chi connectivity index (χ1v) is 9.95. The second kappa shape index (κ2) is 7.41. The predicted molar refractivity (Wildman–Crippen MR) is 103 cm³/mol. The molecule has 0 saturated carbocycles. The summed E-state index contributed by atoms with van der Waals surface area (Å²) in [5, 5.41) is 3.39. The number of hydrogen-bond donors (Lipinski definition) is 1. The fraction of sp³-hybridized carbons (Fsp3) is 0.350. The minimum Gasteiger partial charge on any atom is -0.345 e. The SMILES string of the molecule is CCc1csc(C2CCN(C(=O)c3ccc(-c4cnc[nH]4)cc3)CC2)n1. The first-order valence-electron chi connectivity index (χ1n) is 9.07. The molecule has 0 atom stereocenters. The van der Waals surface area contributed by atoms with Crippen LogP contribution in [0.5, 0.6) is 0 Å². The lowest BCUT2D eigenvalue weighted by Gasteiger charge is -2.31. The van der Waals surface area contributed by atoms with Gasteiger partial charge in [0.05, 0.1) is 28.9 Å². The molecule has 1 aliphatic heterocycles. The summed E-state index contributed by atoms with van der Waals surface area (Å²) in [6.45, 7) is 3.73. The van der Waals surface area contributed by atoms with E-state index in [4.69, 9.17) is 4.98 Å². The van der Waals surface area contributed by atoms with Crippen LogP contribution in [0, 0.1) is 0 Å². The second-order valence-corrected chi connectivity index (χ2v) is 7.53. The number of amides is 1. The molecule has 1 N–H and O–H groups in total. The summed E-state index contributed by atoms with van der Waals surface area (Å²) in [5.74, 6) is 0.611. The van der Waals surface area contributed by atoms with Crippen molar-refractivity contribution in [2.75, 3.05) is 13.1 Å². The number of likely N-dealkylation sites (tertiary alicyclic amines) is 1. The van der Waals surface area contributed by atoms with E-state index in [1.165, 1.54) is 10.7 Å². The van der Waals surface area contributed by atoms with Crippen LogP contribution in [-0.2, 0) is 6.42 Å². The van der Waals surface area contributed by atoms with Gasteiger partial charge in [0, 0.05) is 30.0 Å². The summed E-state index contributed by atoms with van der Waals surface area (Å²) in [7, 11) is 0. The molecular formula is C20H22N4OS. The van der Waals surface area contributed by atoms with Crippen molar-refractivity contribution in [3.8, 4) is 11.3 Å². The Bertz CT molecular complexity index is 862. The fourth-order valence-electron chi connectivity index (χ4n) is 3.39. The standard InChI is InChI=1S/C20H22N4OS/c1-2-17-12-26-19(23-17)15-7-9-24(10-8-15)20(25)16-5-3-14(4-6-16)18-11-21-13-22-18/h3-6,11-13,15H,2,7-10H2,1H3,(H,21,22). The Kier molecular flexibility index (Phi) is 4.84. The minimum absolute atomic E-state index is 0.119. The molecule has 1 amide bonds. The van der Waals surface area contributed by atoms with Gasteiger partial charge in [0.15, 0.2) is 0 Å². The van der Waals surface area contributed by atoms with Gasteiger partial charge in [-0.3, -0.25) is 4.79 Å². The van der Waals surface area contributed by atoms with Crippen LogP contribution in [0.2, 0.25) is 0 Å². The van der Waals surface area contributed by atoms with E-state index in [9.17, 15) is 4.79 Å². The maximum Gasteiger partial charge on any atom is 0.253 e. The maximum absolute atomic E-state index is 12.8. The number of aromatic nitrogens is 3. The zero-order chi connectivity index (χ0) is 17.9. The molecule has 0 radical (unpaired) electrons. The highest BCUT2D eigenvalue weighted by molar-refractivity contribution is 7.09. The number of nitrogens with one attached hydrogen (secondary N) is 1. The molecule has 1 saturated heterocycles. The average Bonchev–Trinajstić information content (AvgIpc) is 3.40. The highest BCUT2D eigenvalue weighted by Crippen LogP contribution is 2.31. The van der Waals surface area contributed by atoms with Crippen LogP contribution >= 0.6 is 11.3 Å². The van der Waals surface area contributed by atoms with Crippen molar-refractivity contribution in [1.82, 2.24) is 19.9 Å². The summed E-state index contributed by atoms with van der Waals surface area (Å²) in [5.41, 5.74) is 3.92. The van der Waals surface area contributed by atoms with Gasteiger partial charge < -0.3 is 9.88 Å². The molecule has 5 nitrogen and oxygen atoms in total. The van der Waals surface area contributed by atoms with E-state index in [0.717, 1.165) is 49.2 Å². The fourth-order valence-corrected chi connectivity index (χ4v) is 4.47. The van der Waals surface area contributed by atoms with Crippen molar-refractivity contribution in [3.63, 3.8) is 0 Å². The van der Waals surface area contributed by atoms with Crippen LogP contribution in [0.25, 0.3) is 11.3 Å². The summed E-state index contributed by atoms with van der Waals surface area (Å²) in [6.07, 6.45) is 6.42. The molecule has 0 bridgehead atoms.